The van der Waals surface area contributed by atoms with Crippen molar-refractivity contribution in [3.8, 4) is 0 Å². The lowest BCUT2D eigenvalue weighted by Crippen LogP contribution is -1.89. The Morgan fingerprint density at radius 2 is 1.57 bits per heavy atom. The van der Waals surface area contributed by atoms with Crippen LogP contribution >= 0.6 is 0 Å². The summed E-state index contributed by atoms with van der Waals surface area (Å²) in [5.74, 6) is 0. The lowest BCUT2D eigenvalue weighted by atomic mass is 10.1. The fraction of sp³-hybridized carbons (Fsp3) is 0.0833. The van der Waals surface area contributed by atoms with Crippen molar-refractivity contribution in [3.05, 3.63) is 66.0 Å². The van der Waals surface area contributed by atoms with Gasteiger partial charge in [-0.05, 0) is 17.7 Å². The van der Waals surface area contributed by atoms with E-state index in [1.54, 1.807) is 0 Å². The minimum absolute atomic E-state index is 0. The van der Waals surface area contributed by atoms with Gasteiger partial charge in [0.05, 0.1) is 0 Å². The molecule has 0 radical (unpaired) electrons. The van der Waals surface area contributed by atoms with E-state index >= 15 is 0 Å². The number of nitrogens with zero attached hydrogens (tertiary/aromatic N) is 1. The molecule has 2 nitrogen and oxygen atoms in total. The first-order valence-corrected chi connectivity index (χ1v) is 4.39. The molecule has 0 aliphatic carbocycles. The van der Waals surface area contributed by atoms with Crippen molar-refractivity contribution in [2.45, 2.75) is 6.42 Å². The zero-order valence-corrected chi connectivity index (χ0v) is 7.85. The van der Waals surface area contributed by atoms with E-state index in [1.807, 2.05) is 30.5 Å². The predicted octanol–water partition coefficient (Wildman–Crippen LogP) is 1.85. The minimum atomic E-state index is 0. The van der Waals surface area contributed by atoms with Crippen LogP contribution in [-0.2, 0) is 6.42 Å². The Labute approximate surface area is 83.6 Å². The van der Waals surface area contributed by atoms with E-state index < -0.39 is 0 Å². The fourth-order valence-electron chi connectivity index (χ4n) is 1.31. The molecule has 0 saturated carbocycles. The van der Waals surface area contributed by atoms with Crippen molar-refractivity contribution in [2.24, 2.45) is 0 Å². The Hall–Kier alpha value is -1.67. The lowest BCUT2D eigenvalue weighted by molar-refractivity contribution is 0.824. The van der Waals surface area contributed by atoms with Gasteiger partial charge in [0.1, 0.15) is 0 Å². The fourth-order valence-corrected chi connectivity index (χ4v) is 1.31. The van der Waals surface area contributed by atoms with Gasteiger partial charge in [-0.2, -0.15) is 0 Å². The number of hydrogen-bond donors (Lipinski definition) is 0. The van der Waals surface area contributed by atoms with Crippen molar-refractivity contribution in [1.29, 1.82) is 0 Å². The smallest absolute Gasteiger partial charge is 0.0447 e. The van der Waals surface area contributed by atoms with Crippen LogP contribution in [0.2, 0.25) is 0 Å². The van der Waals surface area contributed by atoms with E-state index in [1.165, 1.54) is 5.56 Å². The Kier molecular flexibility index (Phi) is 3.83. The highest BCUT2D eigenvalue weighted by molar-refractivity contribution is 5.21. The van der Waals surface area contributed by atoms with Crippen molar-refractivity contribution in [3.63, 3.8) is 0 Å². The van der Waals surface area contributed by atoms with Crippen molar-refractivity contribution in [1.82, 2.24) is 4.98 Å². The molecule has 2 rings (SSSR count). The molecule has 1 aromatic carbocycles. The first-order valence-electron chi connectivity index (χ1n) is 4.39. The number of rotatable bonds is 2. The molecule has 1 aromatic heterocycles. The highest BCUT2D eigenvalue weighted by Crippen LogP contribution is 2.05. The molecule has 0 bridgehead atoms. The zero-order chi connectivity index (χ0) is 8.93. The Bertz CT molecular complexity index is 321. The maximum absolute atomic E-state index is 4.27. The van der Waals surface area contributed by atoms with Crippen LogP contribution < -0.4 is 0 Å². The molecule has 0 aliphatic heterocycles. The molecule has 0 amide bonds. The second-order valence-corrected chi connectivity index (χ2v) is 2.98. The molecule has 0 fully saturated rings. The summed E-state index contributed by atoms with van der Waals surface area (Å²) >= 11 is 0. The predicted molar refractivity (Wildman–Crippen MR) is 57.1 cm³/mol. The summed E-state index contributed by atoms with van der Waals surface area (Å²) in [6.45, 7) is 0. The van der Waals surface area contributed by atoms with Crippen LogP contribution in [0.5, 0.6) is 0 Å². The molecule has 0 spiro atoms. The quantitative estimate of drug-likeness (QED) is 0.707. The summed E-state index contributed by atoms with van der Waals surface area (Å²) in [6.07, 6.45) is 2.75. The number of pyridine rings is 1. The topological polar surface area (TPSA) is 44.4 Å². The van der Waals surface area contributed by atoms with Crippen LogP contribution in [0.3, 0.4) is 0 Å². The van der Waals surface area contributed by atoms with E-state index in [4.69, 9.17) is 0 Å². The third-order valence-corrected chi connectivity index (χ3v) is 1.95. The Morgan fingerprint density at radius 3 is 2.21 bits per heavy atom. The van der Waals surface area contributed by atoms with Crippen LogP contribution in [0.4, 0.5) is 0 Å². The van der Waals surface area contributed by atoms with Gasteiger partial charge < -0.3 is 5.48 Å². The first-order chi connectivity index (χ1) is 6.45. The van der Waals surface area contributed by atoms with Crippen LogP contribution in [0.1, 0.15) is 11.3 Å². The van der Waals surface area contributed by atoms with Gasteiger partial charge in [-0.1, -0.05) is 36.4 Å². The zero-order valence-electron chi connectivity index (χ0n) is 7.85. The van der Waals surface area contributed by atoms with Gasteiger partial charge in [-0.15, -0.1) is 0 Å². The van der Waals surface area contributed by atoms with Crippen molar-refractivity contribution < 1.29 is 5.48 Å². The molecular weight excluding hydrogens is 174 g/mol. The summed E-state index contributed by atoms with van der Waals surface area (Å²) in [4.78, 5) is 4.27. The van der Waals surface area contributed by atoms with Gasteiger partial charge in [0.25, 0.3) is 0 Å². The largest absolute Gasteiger partial charge is 0.412 e. The van der Waals surface area contributed by atoms with Gasteiger partial charge in [-0.3, -0.25) is 4.98 Å². The Morgan fingerprint density at radius 1 is 0.857 bits per heavy atom. The molecule has 0 saturated heterocycles. The molecule has 14 heavy (non-hydrogen) atoms. The number of benzene rings is 1. The second-order valence-electron chi connectivity index (χ2n) is 2.98. The third-order valence-electron chi connectivity index (χ3n) is 1.95. The highest BCUT2D eigenvalue weighted by Gasteiger charge is 1.94. The molecule has 2 aromatic rings. The molecule has 2 heteroatoms. The average Bonchev–Trinajstić information content (AvgIpc) is 2.21. The van der Waals surface area contributed by atoms with E-state index in [9.17, 15) is 0 Å². The molecule has 0 aliphatic rings. The van der Waals surface area contributed by atoms with E-state index in [-0.39, 0.29) is 5.48 Å². The van der Waals surface area contributed by atoms with Gasteiger partial charge in [0, 0.05) is 18.3 Å². The Balaban J connectivity index is 0.000000980. The summed E-state index contributed by atoms with van der Waals surface area (Å²) in [7, 11) is 0. The van der Waals surface area contributed by atoms with Crippen LogP contribution in [0, 0.1) is 0 Å². The first kappa shape index (κ1) is 10.4. The van der Waals surface area contributed by atoms with E-state index in [2.05, 4.69) is 29.2 Å². The maximum atomic E-state index is 4.27. The van der Waals surface area contributed by atoms with Crippen molar-refractivity contribution in [2.75, 3.05) is 0 Å². The normalized spacial score (nSPS) is 9.14. The molecule has 0 atom stereocenters. The third kappa shape index (κ3) is 2.68. The highest BCUT2D eigenvalue weighted by atomic mass is 16.0. The summed E-state index contributed by atoms with van der Waals surface area (Å²) in [6, 6.07) is 16.4. The van der Waals surface area contributed by atoms with Gasteiger partial charge in [0.15, 0.2) is 0 Å². The summed E-state index contributed by atoms with van der Waals surface area (Å²) < 4.78 is 0. The average molecular weight is 187 g/mol. The van der Waals surface area contributed by atoms with Crippen molar-refractivity contribution >= 4 is 0 Å². The second kappa shape index (κ2) is 5.14. The van der Waals surface area contributed by atoms with Crippen LogP contribution in [-0.4, -0.2) is 10.5 Å². The molecule has 0 unspecified atom stereocenters. The molecule has 2 N–H and O–H groups in total. The van der Waals surface area contributed by atoms with E-state index in [0.29, 0.717) is 0 Å². The maximum Gasteiger partial charge on any atom is 0.0447 e. The standard InChI is InChI=1S/C12H11N.H2O/c1-2-6-11(7-3-1)10-12-8-4-5-9-13-12;/h1-9H,10H2;1H2. The number of aromatic nitrogens is 1. The summed E-state index contributed by atoms with van der Waals surface area (Å²) in [5.41, 5.74) is 2.43. The minimum Gasteiger partial charge on any atom is -0.412 e. The molecule has 72 valence electrons. The lowest BCUT2D eigenvalue weighted by Gasteiger charge is -1.99. The van der Waals surface area contributed by atoms with Gasteiger partial charge in [-0.25, -0.2) is 0 Å². The van der Waals surface area contributed by atoms with Gasteiger partial charge >= 0.3 is 0 Å². The van der Waals surface area contributed by atoms with E-state index in [0.717, 1.165) is 12.1 Å². The monoisotopic (exact) mass is 187 g/mol. The molecule has 1 heterocycles. The molecular formula is C12H13NO. The number of hydrogen-bond acceptors (Lipinski definition) is 1. The van der Waals surface area contributed by atoms with Crippen LogP contribution in [0.25, 0.3) is 0 Å². The SMILES string of the molecule is O.c1ccc(Cc2ccccn2)cc1. The summed E-state index contributed by atoms with van der Waals surface area (Å²) in [5, 5.41) is 0. The van der Waals surface area contributed by atoms with Crippen LogP contribution in [0.15, 0.2) is 54.7 Å². The van der Waals surface area contributed by atoms with Gasteiger partial charge in [0.2, 0.25) is 0 Å².